The SMILES string of the molecule is C=Cc1c(O)c(C=O)cc2c(=O)c(C)c(C)oc12. The maximum Gasteiger partial charge on any atom is 0.195 e. The quantitative estimate of drug-likeness (QED) is 0.824. The smallest absolute Gasteiger partial charge is 0.195 e. The Balaban J connectivity index is 3.12. The fraction of sp³-hybridized carbons (Fsp3) is 0.143. The number of benzene rings is 1. The normalized spacial score (nSPS) is 10.6. The number of aryl methyl sites for hydroxylation is 1. The third-order valence-electron chi connectivity index (χ3n) is 3.02. The Kier molecular flexibility index (Phi) is 2.79. The van der Waals surface area contributed by atoms with Crippen LogP contribution in [0, 0.1) is 13.8 Å². The predicted octanol–water partition coefficient (Wildman–Crippen LogP) is 2.57. The first-order valence-corrected chi connectivity index (χ1v) is 5.38. The van der Waals surface area contributed by atoms with E-state index in [0.717, 1.165) is 0 Å². The zero-order valence-electron chi connectivity index (χ0n) is 10.1. The van der Waals surface area contributed by atoms with Crippen LogP contribution in [0.25, 0.3) is 17.0 Å². The molecular formula is C14H12O4. The van der Waals surface area contributed by atoms with Gasteiger partial charge >= 0.3 is 0 Å². The molecule has 2 rings (SSSR count). The van der Waals surface area contributed by atoms with Crippen molar-refractivity contribution in [2.24, 2.45) is 0 Å². The van der Waals surface area contributed by atoms with Gasteiger partial charge in [0.2, 0.25) is 0 Å². The van der Waals surface area contributed by atoms with Gasteiger partial charge in [0, 0.05) is 5.56 Å². The van der Waals surface area contributed by atoms with Crippen LogP contribution in [0.5, 0.6) is 5.75 Å². The summed E-state index contributed by atoms with van der Waals surface area (Å²) in [5.74, 6) is 0.257. The maximum atomic E-state index is 12.1. The zero-order chi connectivity index (χ0) is 13.4. The molecule has 4 nitrogen and oxygen atoms in total. The zero-order valence-corrected chi connectivity index (χ0v) is 10.1. The summed E-state index contributed by atoms with van der Waals surface area (Å²) in [5.41, 5.74) is 0.837. The highest BCUT2D eigenvalue weighted by Gasteiger charge is 2.16. The molecule has 2 aromatic rings. The second-order valence-corrected chi connectivity index (χ2v) is 4.04. The lowest BCUT2D eigenvalue weighted by molar-refractivity contribution is 0.112. The number of hydrogen-bond acceptors (Lipinski definition) is 4. The topological polar surface area (TPSA) is 67.5 Å². The first-order chi connectivity index (χ1) is 8.51. The molecule has 18 heavy (non-hydrogen) atoms. The Morgan fingerprint density at radius 2 is 2.06 bits per heavy atom. The van der Waals surface area contributed by atoms with Gasteiger partial charge in [0.05, 0.1) is 16.5 Å². The van der Waals surface area contributed by atoms with E-state index in [2.05, 4.69) is 6.58 Å². The number of carbonyl (C=O) groups excluding carboxylic acids is 1. The molecule has 0 unspecified atom stereocenters. The van der Waals surface area contributed by atoms with E-state index < -0.39 is 0 Å². The summed E-state index contributed by atoms with van der Waals surface area (Å²) in [6.07, 6.45) is 1.86. The van der Waals surface area contributed by atoms with E-state index in [9.17, 15) is 14.7 Å². The van der Waals surface area contributed by atoms with Crippen LogP contribution in [0.3, 0.4) is 0 Å². The van der Waals surface area contributed by atoms with Crippen molar-refractivity contribution in [3.8, 4) is 5.75 Å². The van der Waals surface area contributed by atoms with Crippen LogP contribution in [0.1, 0.15) is 27.2 Å². The van der Waals surface area contributed by atoms with Crippen molar-refractivity contribution >= 4 is 23.3 Å². The number of phenolic OH excluding ortho intramolecular Hbond substituents is 1. The van der Waals surface area contributed by atoms with Crippen LogP contribution in [0.15, 0.2) is 21.9 Å². The van der Waals surface area contributed by atoms with Gasteiger partial charge in [-0.3, -0.25) is 9.59 Å². The molecule has 0 saturated heterocycles. The standard InChI is InChI=1S/C14H12O4/c1-4-10-13(17)9(6-15)5-11-12(16)7(2)8(3)18-14(10)11/h4-6,17H,1H2,2-3H3. The molecular weight excluding hydrogens is 232 g/mol. The van der Waals surface area contributed by atoms with Gasteiger partial charge < -0.3 is 9.52 Å². The number of aldehydes is 1. The molecule has 0 spiro atoms. The van der Waals surface area contributed by atoms with Crippen molar-refractivity contribution in [1.29, 1.82) is 0 Å². The lowest BCUT2D eigenvalue weighted by atomic mass is 10.0. The molecule has 0 atom stereocenters. The molecule has 0 bridgehead atoms. The van der Waals surface area contributed by atoms with E-state index >= 15 is 0 Å². The van der Waals surface area contributed by atoms with Crippen molar-refractivity contribution in [2.45, 2.75) is 13.8 Å². The number of aromatic hydroxyl groups is 1. The average Bonchev–Trinajstić information content (AvgIpc) is 2.36. The molecule has 0 saturated carbocycles. The van der Waals surface area contributed by atoms with Crippen LogP contribution in [-0.4, -0.2) is 11.4 Å². The van der Waals surface area contributed by atoms with Gasteiger partial charge in [0.1, 0.15) is 17.1 Å². The summed E-state index contributed by atoms with van der Waals surface area (Å²) in [4.78, 5) is 23.0. The van der Waals surface area contributed by atoms with Crippen molar-refractivity contribution in [3.05, 3.63) is 45.3 Å². The van der Waals surface area contributed by atoms with Crippen LogP contribution in [-0.2, 0) is 0 Å². The van der Waals surface area contributed by atoms with Crippen molar-refractivity contribution in [1.82, 2.24) is 0 Å². The third-order valence-corrected chi connectivity index (χ3v) is 3.02. The Labute approximate surface area is 103 Å². The molecule has 0 fully saturated rings. The molecule has 1 aromatic carbocycles. The Morgan fingerprint density at radius 3 is 2.61 bits per heavy atom. The van der Waals surface area contributed by atoms with Gasteiger partial charge in [-0.05, 0) is 19.9 Å². The summed E-state index contributed by atoms with van der Waals surface area (Å²) >= 11 is 0. The Hall–Kier alpha value is -2.36. The summed E-state index contributed by atoms with van der Waals surface area (Å²) in [7, 11) is 0. The van der Waals surface area contributed by atoms with E-state index in [4.69, 9.17) is 4.42 Å². The second-order valence-electron chi connectivity index (χ2n) is 4.04. The van der Waals surface area contributed by atoms with E-state index in [1.807, 2.05) is 0 Å². The van der Waals surface area contributed by atoms with Gasteiger partial charge in [-0.15, -0.1) is 0 Å². The summed E-state index contributed by atoms with van der Waals surface area (Å²) in [6.45, 7) is 6.89. The van der Waals surface area contributed by atoms with Crippen molar-refractivity contribution < 1.29 is 14.3 Å². The minimum atomic E-state index is -0.223. The molecule has 0 aliphatic heterocycles. The summed E-state index contributed by atoms with van der Waals surface area (Å²) < 4.78 is 5.53. The molecule has 0 radical (unpaired) electrons. The van der Waals surface area contributed by atoms with Gasteiger partial charge in [-0.1, -0.05) is 12.7 Å². The van der Waals surface area contributed by atoms with E-state index in [0.29, 0.717) is 17.6 Å². The fourth-order valence-electron chi connectivity index (χ4n) is 1.85. The van der Waals surface area contributed by atoms with Crippen LogP contribution < -0.4 is 5.43 Å². The van der Waals surface area contributed by atoms with Gasteiger partial charge in [-0.25, -0.2) is 0 Å². The average molecular weight is 244 g/mol. The summed E-state index contributed by atoms with van der Waals surface area (Å²) in [5, 5.41) is 10.1. The fourth-order valence-corrected chi connectivity index (χ4v) is 1.85. The number of phenols is 1. The van der Waals surface area contributed by atoms with Crippen molar-refractivity contribution in [3.63, 3.8) is 0 Å². The molecule has 1 N–H and O–H groups in total. The summed E-state index contributed by atoms with van der Waals surface area (Å²) in [6, 6.07) is 1.34. The maximum absolute atomic E-state index is 12.1. The molecule has 1 aromatic heterocycles. The Morgan fingerprint density at radius 1 is 1.39 bits per heavy atom. The molecule has 0 aliphatic rings. The second kappa shape index (κ2) is 4.14. The molecule has 4 heteroatoms. The van der Waals surface area contributed by atoms with Gasteiger partial charge in [0.15, 0.2) is 11.7 Å². The number of fused-ring (bicyclic) bond motifs is 1. The largest absolute Gasteiger partial charge is 0.506 e. The molecule has 0 amide bonds. The lowest BCUT2D eigenvalue weighted by Gasteiger charge is -2.08. The van der Waals surface area contributed by atoms with Crippen LogP contribution >= 0.6 is 0 Å². The van der Waals surface area contributed by atoms with Crippen LogP contribution in [0.4, 0.5) is 0 Å². The van der Waals surface area contributed by atoms with E-state index in [-0.39, 0.29) is 33.3 Å². The number of rotatable bonds is 2. The molecule has 92 valence electrons. The van der Waals surface area contributed by atoms with Gasteiger partial charge in [0.25, 0.3) is 0 Å². The minimum absolute atomic E-state index is 0.0490. The van der Waals surface area contributed by atoms with Crippen molar-refractivity contribution in [2.75, 3.05) is 0 Å². The number of carbonyl (C=O) groups is 1. The first kappa shape index (κ1) is 12.1. The highest BCUT2D eigenvalue weighted by Crippen LogP contribution is 2.31. The van der Waals surface area contributed by atoms with E-state index in [1.54, 1.807) is 13.8 Å². The molecule has 0 aliphatic carbocycles. The third kappa shape index (κ3) is 1.54. The first-order valence-electron chi connectivity index (χ1n) is 5.38. The van der Waals surface area contributed by atoms with Gasteiger partial charge in [-0.2, -0.15) is 0 Å². The van der Waals surface area contributed by atoms with E-state index in [1.165, 1.54) is 12.1 Å². The van der Waals surface area contributed by atoms with Crippen LogP contribution in [0.2, 0.25) is 0 Å². The Bertz CT molecular complexity index is 723. The number of hydrogen-bond donors (Lipinski definition) is 1. The lowest BCUT2D eigenvalue weighted by Crippen LogP contribution is -2.08. The minimum Gasteiger partial charge on any atom is -0.506 e. The molecule has 1 heterocycles. The highest BCUT2D eigenvalue weighted by molar-refractivity contribution is 5.96. The highest BCUT2D eigenvalue weighted by atomic mass is 16.3. The predicted molar refractivity (Wildman–Crippen MR) is 69.1 cm³/mol. The monoisotopic (exact) mass is 244 g/mol.